The first-order chi connectivity index (χ1) is 58.6. The van der Waals surface area contributed by atoms with Crippen molar-refractivity contribution in [1.29, 1.82) is 0 Å². The molecule has 0 fully saturated rings. The smallest absolute Gasteiger partial charge is 0.657 e. The first-order valence-electron chi connectivity index (χ1n) is 40.1. The number of ketones is 1. The van der Waals surface area contributed by atoms with Crippen molar-refractivity contribution >= 4 is 60.9 Å². The number of carbonyl (C=O) groups is 1. The van der Waals surface area contributed by atoms with Crippen molar-refractivity contribution in [3.63, 3.8) is 0 Å². The number of benzene rings is 7. The second-order valence-corrected chi connectivity index (χ2v) is 28.0. The van der Waals surface area contributed by atoms with Crippen LogP contribution in [0.5, 0.6) is 0 Å². The summed E-state index contributed by atoms with van der Waals surface area (Å²) in [6.45, 7) is 20.8. The number of pyridine rings is 4. The summed E-state index contributed by atoms with van der Waals surface area (Å²) >= 11 is 0. The van der Waals surface area contributed by atoms with Crippen LogP contribution in [0.3, 0.4) is 0 Å². The normalized spacial score (nSPS) is 11.6. The molecule has 669 valence electrons. The first-order valence-corrected chi connectivity index (χ1v) is 40.1. The van der Waals surface area contributed by atoms with Crippen molar-refractivity contribution in [2.24, 2.45) is 0 Å². The summed E-state index contributed by atoms with van der Waals surface area (Å²) in [5.41, 5.74) is 26.4. The van der Waals surface area contributed by atoms with Crippen molar-refractivity contribution in [2.75, 3.05) is 0 Å². The predicted molar refractivity (Wildman–Crippen MR) is 468 cm³/mol. The van der Waals surface area contributed by atoms with Crippen LogP contribution in [0.2, 0.25) is 0 Å². The third kappa shape index (κ3) is 27.4. The average Bonchev–Trinajstić information content (AvgIpc) is 1.72. The number of aliphatic hydroxyl groups excluding tert-OH is 2. The molecule has 1 aliphatic carbocycles. The standard InChI is InChI=1S/C36H44N4.C17H8F2.C12H9FNO.C11H6F2N.2C11H7FN.C5H8O2.5Ir.Pt/c1-9-21-22(10-2)30-18-32-25(13-5)26(14-6)34(39-32)20-36-28(16-8)27(15-7)35(40-36)19-33-24(12-4)23(11-3)31(38-33)17-29(21)37-30;18-17(19)14-9-2-1-7-12(14)13-8-3-5-11-6-4-10-15(17)16(11)13;13-11-3-1-10(2-4-11)12-7-9(8-15)5-6-14-12;12-8-4-5-9(10(13)7-8)11-3-1-2-6-14-11;2*12-10-6-4-9(5-7-10)11-3-1-2-8-13-11;1-4(6)3-5(2)7;;;;;;/h17-20H,9-16H2,1-8H3;1-6,9-10H;1,3-7,15H,8H2;1-4,6-7H;2*1-4,6-8H;3,6H,1-2H3;;;;;;/q2*-2;4*-1;;;;;;;+2. The first kappa shape index (κ1) is 108. The van der Waals surface area contributed by atoms with Gasteiger partial charge in [0.25, 0.3) is 5.92 Å². The van der Waals surface area contributed by atoms with Crippen LogP contribution in [0.1, 0.15) is 157 Å². The summed E-state index contributed by atoms with van der Waals surface area (Å²) in [5.74, 6) is -5.20. The molecule has 0 spiro atoms. The third-order valence-corrected chi connectivity index (χ3v) is 20.1. The van der Waals surface area contributed by atoms with Crippen LogP contribution in [0.4, 0.5) is 30.7 Å². The van der Waals surface area contributed by atoms with E-state index in [4.69, 9.17) is 30.1 Å². The van der Waals surface area contributed by atoms with Crippen molar-refractivity contribution in [3.8, 4) is 56.2 Å². The van der Waals surface area contributed by atoms with E-state index < -0.39 is 17.6 Å². The molecule has 0 saturated heterocycles. The van der Waals surface area contributed by atoms with Gasteiger partial charge in [-0.1, -0.05) is 180 Å². The second kappa shape index (κ2) is 52.3. The molecule has 9 heterocycles. The Hall–Kier alpha value is -9.38. The van der Waals surface area contributed by atoms with E-state index in [9.17, 15) is 35.5 Å². The minimum absolute atomic E-state index is 0. The van der Waals surface area contributed by atoms with Gasteiger partial charge in [-0.25, -0.2) is 29.9 Å². The van der Waals surface area contributed by atoms with Gasteiger partial charge in [0.05, 0.1) is 35.1 Å². The van der Waals surface area contributed by atoms with Gasteiger partial charge in [-0.3, -0.25) is 26.7 Å². The summed E-state index contributed by atoms with van der Waals surface area (Å²) in [7, 11) is 0. The number of nitrogens with zero attached hydrogens (tertiary/aromatic N) is 8. The summed E-state index contributed by atoms with van der Waals surface area (Å²) in [5, 5.41) is 18.7. The number of carbonyl (C=O) groups excluding carboxylic acids is 1. The fourth-order valence-corrected chi connectivity index (χ4v) is 14.6. The van der Waals surface area contributed by atoms with Gasteiger partial charge in [0.1, 0.15) is 0 Å². The summed E-state index contributed by atoms with van der Waals surface area (Å²) in [6, 6.07) is 73.9. The minimum Gasteiger partial charge on any atom is -0.657 e. The van der Waals surface area contributed by atoms with Gasteiger partial charge in [-0.15, -0.1) is 153 Å². The second-order valence-electron chi connectivity index (χ2n) is 28.0. The number of hydrogen-bond acceptors (Lipinski definition) is 9. The van der Waals surface area contributed by atoms with E-state index in [0.717, 1.165) is 147 Å². The Bertz CT molecular complexity index is 5900. The molecule has 0 atom stereocenters. The molecule has 3 aliphatic rings. The monoisotopic (exact) mass is 2780 g/mol. The van der Waals surface area contributed by atoms with E-state index in [1.807, 2.05) is 48.5 Å². The summed E-state index contributed by atoms with van der Waals surface area (Å²) in [4.78, 5) is 47.3. The number of hydrogen-bond donors (Lipinski definition) is 2. The van der Waals surface area contributed by atoms with Gasteiger partial charge in [0.15, 0.2) is 5.78 Å². The van der Waals surface area contributed by atoms with Crippen LogP contribution in [0.25, 0.3) is 111 Å². The summed E-state index contributed by atoms with van der Waals surface area (Å²) in [6.07, 6.45) is 15.3. The maximum atomic E-state index is 14.6. The summed E-state index contributed by atoms with van der Waals surface area (Å²) < 4.78 is 92.8. The Labute approximate surface area is 819 Å². The molecule has 127 heavy (non-hydrogen) atoms. The zero-order valence-electron chi connectivity index (χ0n) is 70.9. The van der Waals surface area contributed by atoms with E-state index in [2.05, 4.69) is 136 Å². The Balaban J connectivity index is 0.000000280. The van der Waals surface area contributed by atoms with Crippen LogP contribution in [0.15, 0.2) is 243 Å². The molecular formula is C103H89F7Ir5N8O3Pt-6. The zero-order chi connectivity index (χ0) is 86.3. The number of halogens is 7. The van der Waals surface area contributed by atoms with Crippen LogP contribution in [-0.4, -0.2) is 45.9 Å². The van der Waals surface area contributed by atoms with Gasteiger partial charge < -0.3 is 40.1 Å². The van der Waals surface area contributed by atoms with E-state index in [1.54, 1.807) is 97.6 Å². The number of aromatic nitrogens is 8. The maximum absolute atomic E-state index is 14.6. The van der Waals surface area contributed by atoms with Gasteiger partial charge in [0, 0.05) is 160 Å². The van der Waals surface area contributed by atoms with Crippen molar-refractivity contribution in [3.05, 3.63) is 370 Å². The maximum Gasteiger partial charge on any atom is 2.00 e. The molecule has 8 bridgehead atoms. The number of fused-ring (bicyclic) bond motifs is 10. The Morgan fingerprint density at radius 2 is 0.795 bits per heavy atom. The molecule has 7 aromatic carbocycles. The van der Waals surface area contributed by atoms with E-state index >= 15 is 0 Å². The molecule has 11 nitrogen and oxygen atoms in total. The Morgan fingerprint density at radius 3 is 1.16 bits per heavy atom. The molecule has 14 aromatic rings. The van der Waals surface area contributed by atoms with Crippen LogP contribution >= 0.6 is 0 Å². The van der Waals surface area contributed by atoms with Crippen LogP contribution in [-0.2, 0) is 165 Å². The van der Waals surface area contributed by atoms with Gasteiger partial charge in [-0.2, -0.15) is 24.3 Å². The van der Waals surface area contributed by atoms with Crippen LogP contribution < -0.4 is 9.97 Å². The van der Waals surface area contributed by atoms with Crippen molar-refractivity contribution < 1.29 is 167 Å². The van der Waals surface area contributed by atoms with Gasteiger partial charge in [0.2, 0.25) is 0 Å². The molecule has 0 saturated carbocycles. The Kier molecular flexibility index (Phi) is 44.5. The minimum atomic E-state index is -2.98. The predicted octanol–water partition coefficient (Wildman–Crippen LogP) is 25.3. The molecule has 17 rings (SSSR count). The molecule has 7 aromatic heterocycles. The van der Waals surface area contributed by atoms with Crippen LogP contribution in [0, 0.1) is 65.5 Å². The quantitative estimate of drug-likeness (QED) is 0.0461. The fourth-order valence-electron chi connectivity index (χ4n) is 14.6. The van der Waals surface area contributed by atoms with E-state index in [0.29, 0.717) is 27.9 Å². The van der Waals surface area contributed by atoms with Crippen molar-refractivity contribution in [2.45, 2.75) is 133 Å². The third-order valence-electron chi connectivity index (χ3n) is 20.1. The van der Waals surface area contributed by atoms with E-state index in [1.165, 1.54) is 113 Å². The number of aryl methyl sites for hydroxylation is 4. The molecule has 0 unspecified atom stereocenters. The fraction of sp³-hybridized carbons (Fsp3) is 0.194. The number of aliphatic hydroxyl groups is 2. The molecule has 5 radical (unpaired) electrons. The molecular weight excluding hydrogens is 2690 g/mol. The largest absolute Gasteiger partial charge is 2.00 e. The number of alkyl halides is 2. The van der Waals surface area contributed by atoms with Crippen molar-refractivity contribution in [1.82, 2.24) is 39.9 Å². The van der Waals surface area contributed by atoms with E-state index in [-0.39, 0.29) is 174 Å². The molecule has 2 N–H and O–H groups in total. The average molecular weight is 2780 g/mol. The molecule has 0 amide bonds. The Morgan fingerprint density at radius 1 is 0.394 bits per heavy atom. The topological polar surface area (TPSA) is 163 Å². The SMILES string of the molecule is CC(=O)C=C(C)O.CCC1=C(CC)c2cc3[n-]c(cc4nc(cc5[n-]c(cc1n2)c(CC)c5CC)C(CC)=C4CC)c(CC)c3CC.FC1(F)c2ccc[c-]c2-c2[c-]ccc3cccc1c23.Fc1c[c-]c(-c2ccccn2)c(F)c1.Fc1c[c-]c(-c2ccccn2)cc1.Fc1c[c-]c(-c2ccccn2)cc1.OCc1ccnc(-c2[c-]cc(F)cc2)c1.[Ir].[Ir].[Ir].[Ir].[Ir].[Pt+2]. The molecule has 2 aliphatic heterocycles. The number of rotatable bonds is 14. The molecule has 24 heteroatoms. The number of allylic oxidation sites excluding steroid dienone is 6. The van der Waals surface area contributed by atoms with Gasteiger partial charge >= 0.3 is 21.1 Å². The van der Waals surface area contributed by atoms with Gasteiger partial charge in [-0.05, 0) is 146 Å². The zero-order valence-corrected chi connectivity index (χ0v) is 85.1.